The molecule has 0 unspecified atom stereocenters. The van der Waals surface area contributed by atoms with Crippen LogP contribution in [0.1, 0.15) is 34.7 Å². The Morgan fingerprint density at radius 1 is 1.00 bits per heavy atom. The van der Waals surface area contributed by atoms with E-state index in [1.807, 2.05) is 18.2 Å². The molecule has 170 valence electrons. The molecule has 7 heteroatoms. The first-order chi connectivity index (χ1) is 15.5. The molecule has 7 nitrogen and oxygen atoms in total. The van der Waals surface area contributed by atoms with Crippen LogP contribution >= 0.6 is 0 Å². The SMILES string of the molecule is COc1cccc(C(=O)N2C[C@@H](C(=O)NCC3CC3)[C@H](c3cccc(OC)c3OC)C2)c1. The number of nitrogens with one attached hydrogen (secondary N) is 1. The monoisotopic (exact) mass is 438 g/mol. The summed E-state index contributed by atoms with van der Waals surface area (Å²) in [5.74, 6) is 1.72. The summed E-state index contributed by atoms with van der Waals surface area (Å²) in [5.41, 5.74) is 1.42. The first kappa shape index (κ1) is 22.0. The lowest BCUT2D eigenvalue weighted by molar-refractivity contribution is -0.125. The van der Waals surface area contributed by atoms with E-state index in [9.17, 15) is 9.59 Å². The van der Waals surface area contributed by atoms with Gasteiger partial charge in [-0.3, -0.25) is 9.59 Å². The molecule has 1 heterocycles. The van der Waals surface area contributed by atoms with Crippen LogP contribution < -0.4 is 19.5 Å². The molecule has 2 fully saturated rings. The second-order valence-electron chi connectivity index (χ2n) is 8.43. The van der Waals surface area contributed by atoms with Gasteiger partial charge in [-0.15, -0.1) is 0 Å². The molecule has 1 aliphatic carbocycles. The molecule has 1 saturated heterocycles. The number of nitrogens with zero attached hydrogens (tertiary/aromatic N) is 1. The third-order valence-electron chi connectivity index (χ3n) is 6.36. The number of hydrogen-bond acceptors (Lipinski definition) is 5. The molecule has 0 radical (unpaired) electrons. The van der Waals surface area contributed by atoms with Crippen molar-refractivity contribution in [3.8, 4) is 17.2 Å². The van der Waals surface area contributed by atoms with Gasteiger partial charge in [0.2, 0.25) is 5.91 Å². The summed E-state index contributed by atoms with van der Waals surface area (Å²) in [7, 11) is 4.76. The highest BCUT2D eigenvalue weighted by Gasteiger charge is 2.42. The van der Waals surface area contributed by atoms with E-state index < -0.39 is 0 Å². The Balaban J connectivity index is 1.63. The fourth-order valence-electron chi connectivity index (χ4n) is 4.39. The van der Waals surface area contributed by atoms with Gasteiger partial charge in [0.25, 0.3) is 5.91 Å². The lowest BCUT2D eigenvalue weighted by atomic mass is 9.87. The van der Waals surface area contributed by atoms with Crippen molar-refractivity contribution in [2.24, 2.45) is 11.8 Å². The summed E-state index contributed by atoms with van der Waals surface area (Å²) in [6.45, 7) is 1.46. The maximum atomic E-state index is 13.3. The van der Waals surface area contributed by atoms with Gasteiger partial charge in [0.15, 0.2) is 11.5 Å². The van der Waals surface area contributed by atoms with E-state index in [-0.39, 0.29) is 23.7 Å². The van der Waals surface area contributed by atoms with Gasteiger partial charge >= 0.3 is 0 Å². The minimum atomic E-state index is -0.371. The van der Waals surface area contributed by atoms with Gasteiger partial charge in [0, 0.05) is 36.7 Å². The summed E-state index contributed by atoms with van der Waals surface area (Å²) >= 11 is 0. The number of methoxy groups -OCH3 is 3. The van der Waals surface area contributed by atoms with Gasteiger partial charge < -0.3 is 24.4 Å². The van der Waals surface area contributed by atoms with Crippen LogP contribution in [0.25, 0.3) is 0 Å². The topological polar surface area (TPSA) is 77.1 Å². The molecule has 0 bridgehead atoms. The number of benzene rings is 2. The van der Waals surface area contributed by atoms with Crippen LogP contribution in [0.5, 0.6) is 17.2 Å². The van der Waals surface area contributed by atoms with Crippen molar-refractivity contribution in [2.75, 3.05) is 41.0 Å². The molecule has 4 rings (SSSR count). The number of hydrogen-bond donors (Lipinski definition) is 1. The molecule has 2 aromatic rings. The maximum Gasteiger partial charge on any atom is 0.254 e. The number of likely N-dealkylation sites (tertiary alicyclic amines) is 1. The average Bonchev–Trinajstić information content (AvgIpc) is 3.57. The Hall–Kier alpha value is -3.22. The molecule has 2 aliphatic rings. The first-order valence-electron chi connectivity index (χ1n) is 11.0. The third kappa shape index (κ3) is 4.52. The van der Waals surface area contributed by atoms with Crippen molar-refractivity contribution in [1.29, 1.82) is 0 Å². The summed E-state index contributed by atoms with van der Waals surface area (Å²) in [6.07, 6.45) is 2.33. The number of carbonyl (C=O) groups is 2. The van der Waals surface area contributed by atoms with Gasteiger partial charge in [0.1, 0.15) is 5.75 Å². The lowest BCUT2D eigenvalue weighted by Crippen LogP contribution is -2.36. The standard InChI is InChI=1S/C25H30N2O5/c1-30-18-7-4-6-17(12-18)25(29)27-14-20(19-8-5-9-22(31-2)23(19)32-3)21(15-27)24(28)26-13-16-10-11-16/h4-9,12,16,20-21H,10-11,13-15H2,1-3H3,(H,26,28)/t20-,21+/m0/s1. The van der Waals surface area contributed by atoms with Crippen molar-refractivity contribution in [3.63, 3.8) is 0 Å². The van der Waals surface area contributed by atoms with Crippen LogP contribution in [0.2, 0.25) is 0 Å². The van der Waals surface area contributed by atoms with Crippen molar-refractivity contribution in [3.05, 3.63) is 53.6 Å². The highest BCUT2D eigenvalue weighted by Crippen LogP contribution is 2.42. The third-order valence-corrected chi connectivity index (χ3v) is 6.36. The summed E-state index contributed by atoms with van der Waals surface area (Å²) in [4.78, 5) is 28.2. The Morgan fingerprint density at radius 2 is 1.78 bits per heavy atom. The zero-order valence-corrected chi connectivity index (χ0v) is 18.8. The van der Waals surface area contributed by atoms with E-state index in [0.717, 1.165) is 5.56 Å². The normalized spacial score (nSPS) is 20.0. The van der Waals surface area contributed by atoms with Crippen molar-refractivity contribution < 1.29 is 23.8 Å². The smallest absolute Gasteiger partial charge is 0.254 e. The molecule has 1 saturated carbocycles. The van der Waals surface area contributed by atoms with E-state index in [4.69, 9.17) is 14.2 Å². The number of para-hydroxylation sites is 1. The van der Waals surface area contributed by atoms with Crippen molar-refractivity contribution >= 4 is 11.8 Å². The van der Waals surface area contributed by atoms with Crippen LogP contribution in [0, 0.1) is 11.8 Å². The van der Waals surface area contributed by atoms with Crippen LogP contribution in [-0.2, 0) is 4.79 Å². The molecule has 1 N–H and O–H groups in total. The molecular formula is C25H30N2O5. The Kier molecular flexibility index (Phi) is 6.53. The number of carbonyl (C=O) groups excluding carboxylic acids is 2. The van der Waals surface area contributed by atoms with Crippen LogP contribution in [0.4, 0.5) is 0 Å². The van der Waals surface area contributed by atoms with Gasteiger partial charge in [-0.05, 0) is 43.0 Å². The minimum absolute atomic E-state index is 0.0206. The summed E-state index contributed by atoms with van der Waals surface area (Å²) in [6, 6.07) is 12.8. The van der Waals surface area contributed by atoms with E-state index in [1.54, 1.807) is 50.5 Å². The van der Waals surface area contributed by atoms with E-state index in [0.29, 0.717) is 48.4 Å². The molecule has 2 atom stereocenters. The highest BCUT2D eigenvalue weighted by atomic mass is 16.5. The molecule has 1 aliphatic heterocycles. The first-order valence-corrected chi connectivity index (χ1v) is 11.0. The Labute approximate surface area is 188 Å². The second kappa shape index (κ2) is 9.51. The second-order valence-corrected chi connectivity index (χ2v) is 8.43. The number of ether oxygens (including phenoxy) is 3. The maximum absolute atomic E-state index is 13.3. The lowest BCUT2D eigenvalue weighted by Gasteiger charge is -2.21. The molecule has 2 amide bonds. The molecule has 0 aromatic heterocycles. The highest BCUT2D eigenvalue weighted by molar-refractivity contribution is 5.95. The van der Waals surface area contributed by atoms with E-state index >= 15 is 0 Å². The number of amides is 2. The zero-order valence-electron chi connectivity index (χ0n) is 18.8. The largest absolute Gasteiger partial charge is 0.497 e. The molecule has 32 heavy (non-hydrogen) atoms. The van der Waals surface area contributed by atoms with Gasteiger partial charge in [-0.2, -0.15) is 0 Å². The van der Waals surface area contributed by atoms with Gasteiger partial charge in [0.05, 0.1) is 27.2 Å². The molecular weight excluding hydrogens is 408 g/mol. The fourth-order valence-corrected chi connectivity index (χ4v) is 4.39. The number of rotatable bonds is 8. The van der Waals surface area contributed by atoms with Crippen molar-refractivity contribution in [1.82, 2.24) is 10.2 Å². The predicted octanol–water partition coefficient (Wildman–Crippen LogP) is 3.09. The zero-order chi connectivity index (χ0) is 22.7. The van der Waals surface area contributed by atoms with Crippen LogP contribution in [-0.4, -0.2) is 57.7 Å². The van der Waals surface area contributed by atoms with Gasteiger partial charge in [-0.25, -0.2) is 0 Å². The Morgan fingerprint density at radius 3 is 2.47 bits per heavy atom. The quantitative estimate of drug-likeness (QED) is 0.685. The van der Waals surface area contributed by atoms with Crippen LogP contribution in [0.3, 0.4) is 0 Å². The fraction of sp³-hybridized carbons (Fsp3) is 0.440. The minimum Gasteiger partial charge on any atom is -0.497 e. The Bertz CT molecular complexity index is 988. The van der Waals surface area contributed by atoms with Crippen molar-refractivity contribution in [2.45, 2.75) is 18.8 Å². The summed E-state index contributed by atoms with van der Waals surface area (Å²) < 4.78 is 16.4. The van der Waals surface area contributed by atoms with E-state index in [2.05, 4.69) is 5.32 Å². The van der Waals surface area contributed by atoms with E-state index in [1.165, 1.54) is 12.8 Å². The summed E-state index contributed by atoms with van der Waals surface area (Å²) in [5, 5.41) is 3.10. The van der Waals surface area contributed by atoms with Crippen LogP contribution in [0.15, 0.2) is 42.5 Å². The molecule has 0 spiro atoms. The predicted molar refractivity (Wildman–Crippen MR) is 120 cm³/mol. The average molecular weight is 439 g/mol. The molecule has 2 aromatic carbocycles. The van der Waals surface area contributed by atoms with Gasteiger partial charge in [-0.1, -0.05) is 18.2 Å².